The van der Waals surface area contributed by atoms with E-state index in [4.69, 9.17) is 0 Å². The van der Waals surface area contributed by atoms with Crippen LogP contribution in [0.1, 0.15) is 31.0 Å². The van der Waals surface area contributed by atoms with Crippen LogP contribution in [0.5, 0.6) is 0 Å². The van der Waals surface area contributed by atoms with Gasteiger partial charge in [-0.2, -0.15) is 0 Å². The van der Waals surface area contributed by atoms with Crippen molar-refractivity contribution < 1.29 is 0 Å². The van der Waals surface area contributed by atoms with Gasteiger partial charge in [-0.3, -0.25) is 9.88 Å². The first-order valence-electron chi connectivity index (χ1n) is 8.03. The standard InChI is InChI=1S/C18H25N3/c1-14-5-7-17-11-16(6-8-18(17)20-14)13-19-12-15(2)21-9-3-4-10-21/h5-8,11,15,19H,3-4,9-10,12-13H2,1-2H3. The van der Waals surface area contributed by atoms with Crippen LogP contribution in [0.4, 0.5) is 0 Å². The molecule has 1 atom stereocenters. The highest BCUT2D eigenvalue weighted by Crippen LogP contribution is 2.15. The molecule has 1 aromatic carbocycles. The summed E-state index contributed by atoms with van der Waals surface area (Å²) >= 11 is 0. The molecule has 0 radical (unpaired) electrons. The van der Waals surface area contributed by atoms with Crippen molar-refractivity contribution in [3.8, 4) is 0 Å². The first kappa shape index (κ1) is 14.5. The second kappa shape index (κ2) is 6.54. The number of pyridine rings is 1. The number of likely N-dealkylation sites (tertiary alicyclic amines) is 1. The summed E-state index contributed by atoms with van der Waals surface area (Å²) in [6.07, 6.45) is 2.73. The van der Waals surface area contributed by atoms with Gasteiger partial charge in [-0.1, -0.05) is 12.1 Å². The van der Waals surface area contributed by atoms with Crippen molar-refractivity contribution in [1.29, 1.82) is 0 Å². The zero-order chi connectivity index (χ0) is 14.7. The van der Waals surface area contributed by atoms with Crippen molar-refractivity contribution in [2.24, 2.45) is 0 Å². The third-order valence-corrected chi connectivity index (χ3v) is 4.43. The number of hydrogen-bond donors (Lipinski definition) is 1. The van der Waals surface area contributed by atoms with Crippen LogP contribution in [0.2, 0.25) is 0 Å². The molecule has 1 N–H and O–H groups in total. The van der Waals surface area contributed by atoms with Gasteiger partial charge in [0, 0.05) is 30.2 Å². The summed E-state index contributed by atoms with van der Waals surface area (Å²) in [5.41, 5.74) is 3.50. The van der Waals surface area contributed by atoms with Gasteiger partial charge in [-0.05, 0) is 63.5 Å². The third kappa shape index (κ3) is 3.60. The third-order valence-electron chi connectivity index (χ3n) is 4.43. The van der Waals surface area contributed by atoms with Crippen molar-refractivity contribution in [2.75, 3.05) is 19.6 Å². The van der Waals surface area contributed by atoms with Gasteiger partial charge >= 0.3 is 0 Å². The molecule has 2 heterocycles. The average Bonchev–Trinajstić information content (AvgIpc) is 3.01. The highest BCUT2D eigenvalue weighted by Gasteiger charge is 2.17. The number of rotatable bonds is 5. The minimum absolute atomic E-state index is 0.636. The Morgan fingerprint density at radius 3 is 2.81 bits per heavy atom. The Balaban J connectivity index is 1.56. The van der Waals surface area contributed by atoms with Crippen LogP contribution in [0.3, 0.4) is 0 Å². The Labute approximate surface area is 127 Å². The van der Waals surface area contributed by atoms with Gasteiger partial charge in [0.15, 0.2) is 0 Å². The van der Waals surface area contributed by atoms with Gasteiger partial charge in [0.05, 0.1) is 5.52 Å². The van der Waals surface area contributed by atoms with E-state index < -0.39 is 0 Å². The van der Waals surface area contributed by atoms with Gasteiger partial charge in [0.25, 0.3) is 0 Å². The number of benzene rings is 1. The number of nitrogens with one attached hydrogen (secondary N) is 1. The molecule has 3 nitrogen and oxygen atoms in total. The smallest absolute Gasteiger partial charge is 0.0705 e. The van der Waals surface area contributed by atoms with Gasteiger partial charge in [-0.25, -0.2) is 0 Å². The number of fused-ring (bicyclic) bond motifs is 1. The molecule has 0 aliphatic carbocycles. The SMILES string of the molecule is Cc1ccc2cc(CNCC(C)N3CCCC3)ccc2n1. The molecule has 1 aliphatic heterocycles. The minimum atomic E-state index is 0.636. The quantitative estimate of drug-likeness (QED) is 0.914. The van der Waals surface area contributed by atoms with Crippen LogP contribution in [-0.2, 0) is 6.54 Å². The summed E-state index contributed by atoms with van der Waals surface area (Å²) in [6, 6.07) is 11.4. The number of aryl methyl sites for hydroxylation is 1. The zero-order valence-electron chi connectivity index (χ0n) is 13.1. The number of hydrogen-bond acceptors (Lipinski definition) is 3. The van der Waals surface area contributed by atoms with Crippen LogP contribution < -0.4 is 5.32 Å². The van der Waals surface area contributed by atoms with Gasteiger partial charge < -0.3 is 5.32 Å². The maximum absolute atomic E-state index is 4.55. The highest BCUT2D eigenvalue weighted by molar-refractivity contribution is 5.79. The molecule has 3 rings (SSSR count). The molecule has 2 aromatic rings. The molecule has 1 fully saturated rings. The van der Waals surface area contributed by atoms with Gasteiger partial charge in [-0.15, -0.1) is 0 Å². The monoisotopic (exact) mass is 283 g/mol. The summed E-state index contributed by atoms with van der Waals surface area (Å²) in [4.78, 5) is 7.13. The molecule has 21 heavy (non-hydrogen) atoms. The van der Waals surface area contributed by atoms with E-state index in [-0.39, 0.29) is 0 Å². The predicted molar refractivity (Wildman–Crippen MR) is 88.5 cm³/mol. The van der Waals surface area contributed by atoms with Crippen LogP contribution in [0.25, 0.3) is 10.9 Å². The van der Waals surface area contributed by atoms with Crippen LogP contribution in [0.15, 0.2) is 30.3 Å². The van der Waals surface area contributed by atoms with E-state index >= 15 is 0 Å². The lowest BCUT2D eigenvalue weighted by Gasteiger charge is -2.24. The molecule has 3 heteroatoms. The molecule has 112 valence electrons. The fourth-order valence-electron chi connectivity index (χ4n) is 3.12. The van der Waals surface area contributed by atoms with E-state index in [1.54, 1.807) is 0 Å². The van der Waals surface area contributed by atoms with Crippen molar-refractivity contribution in [2.45, 2.75) is 39.3 Å². The fraction of sp³-hybridized carbons (Fsp3) is 0.500. The second-order valence-corrected chi connectivity index (χ2v) is 6.20. The first-order chi connectivity index (χ1) is 10.2. The Morgan fingerprint density at radius 2 is 2.00 bits per heavy atom. The maximum atomic E-state index is 4.55. The normalized spacial score (nSPS) is 17.4. The lowest BCUT2D eigenvalue weighted by Crippen LogP contribution is -2.38. The Bertz CT molecular complexity index is 602. The van der Waals surface area contributed by atoms with Crippen molar-refractivity contribution in [3.05, 3.63) is 41.6 Å². The molecule has 1 aromatic heterocycles. The van der Waals surface area contributed by atoms with Crippen LogP contribution in [-0.4, -0.2) is 35.6 Å². The molecule has 0 saturated carbocycles. The maximum Gasteiger partial charge on any atom is 0.0705 e. The second-order valence-electron chi connectivity index (χ2n) is 6.20. The van der Waals surface area contributed by atoms with E-state index in [0.29, 0.717) is 6.04 Å². The first-order valence-corrected chi connectivity index (χ1v) is 8.03. The minimum Gasteiger partial charge on any atom is -0.311 e. The zero-order valence-corrected chi connectivity index (χ0v) is 13.1. The number of aromatic nitrogens is 1. The largest absolute Gasteiger partial charge is 0.311 e. The molecule has 0 bridgehead atoms. The Hall–Kier alpha value is -1.45. The molecule has 1 saturated heterocycles. The molecule has 1 aliphatic rings. The molecule has 0 spiro atoms. The van der Waals surface area contributed by atoms with E-state index in [0.717, 1.165) is 24.3 Å². The molecule has 0 amide bonds. The lowest BCUT2D eigenvalue weighted by atomic mass is 10.1. The molecular weight excluding hydrogens is 258 g/mol. The predicted octanol–water partition coefficient (Wildman–Crippen LogP) is 3.12. The average molecular weight is 283 g/mol. The summed E-state index contributed by atoms with van der Waals surface area (Å²) in [5, 5.41) is 4.82. The van der Waals surface area contributed by atoms with Gasteiger partial charge in [0.1, 0.15) is 0 Å². The topological polar surface area (TPSA) is 28.2 Å². The molecule has 1 unspecified atom stereocenters. The highest BCUT2D eigenvalue weighted by atomic mass is 15.2. The molecular formula is C18H25N3. The van der Waals surface area contributed by atoms with E-state index in [9.17, 15) is 0 Å². The van der Waals surface area contributed by atoms with E-state index in [2.05, 4.69) is 52.5 Å². The Morgan fingerprint density at radius 1 is 1.19 bits per heavy atom. The van der Waals surface area contributed by atoms with E-state index in [1.807, 2.05) is 6.92 Å². The Kier molecular flexibility index (Phi) is 4.51. The summed E-state index contributed by atoms with van der Waals surface area (Å²) in [5.74, 6) is 0. The summed E-state index contributed by atoms with van der Waals surface area (Å²) < 4.78 is 0. The van der Waals surface area contributed by atoms with Gasteiger partial charge in [0.2, 0.25) is 0 Å². The van der Waals surface area contributed by atoms with Crippen molar-refractivity contribution in [3.63, 3.8) is 0 Å². The fourth-order valence-corrected chi connectivity index (χ4v) is 3.12. The van der Waals surface area contributed by atoms with Crippen LogP contribution >= 0.6 is 0 Å². The summed E-state index contributed by atoms with van der Waals surface area (Å²) in [7, 11) is 0. The number of nitrogens with zero attached hydrogens (tertiary/aromatic N) is 2. The van der Waals surface area contributed by atoms with Crippen molar-refractivity contribution in [1.82, 2.24) is 15.2 Å². The van der Waals surface area contributed by atoms with E-state index in [1.165, 1.54) is 36.9 Å². The van der Waals surface area contributed by atoms with Crippen LogP contribution in [0, 0.1) is 6.92 Å². The lowest BCUT2D eigenvalue weighted by molar-refractivity contribution is 0.251. The van der Waals surface area contributed by atoms with Crippen molar-refractivity contribution >= 4 is 10.9 Å². The summed E-state index contributed by atoms with van der Waals surface area (Å²) in [6.45, 7) is 8.89.